The minimum absolute atomic E-state index is 0.316. The second-order valence-electron chi connectivity index (χ2n) is 7.25. The van der Waals surface area contributed by atoms with E-state index in [0.29, 0.717) is 45.3 Å². The van der Waals surface area contributed by atoms with Crippen LogP contribution in [0.2, 0.25) is 0 Å². The molecule has 2 aliphatic rings. The molecule has 0 aromatic carbocycles. The van der Waals surface area contributed by atoms with Crippen LogP contribution in [-0.4, -0.2) is 49.8 Å². The van der Waals surface area contributed by atoms with E-state index in [9.17, 15) is 4.79 Å². The summed E-state index contributed by atoms with van der Waals surface area (Å²) in [6, 6.07) is 0. The Morgan fingerprint density at radius 2 is 1.90 bits per heavy atom. The fourth-order valence-electron chi connectivity index (χ4n) is 3.63. The fraction of sp³-hybridized carbons (Fsp3) is 0.350. The SMILES string of the molecule is COc1nn(C)cc1C1C=c2cnc(-c3c(OC)ncnc3C3CC3)nc2=NC1=O. The zero-order chi connectivity index (χ0) is 20.8. The van der Waals surface area contributed by atoms with Crippen LogP contribution in [0, 0.1) is 0 Å². The van der Waals surface area contributed by atoms with E-state index in [1.54, 1.807) is 37.3 Å². The fourth-order valence-corrected chi connectivity index (χ4v) is 3.63. The second kappa shape index (κ2) is 6.97. The van der Waals surface area contributed by atoms with Gasteiger partial charge in [0.05, 0.1) is 31.4 Å². The summed E-state index contributed by atoms with van der Waals surface area (Å²) in [5.41, 5.74) is 2.49. The number of ether oxygens (including phenoxy) is 2. The monoisotopic (exact) mass is 405 g/mol. The number of rotatable bonds is 5. The van der Waals surface area contributed by atoms with Crippen molar-refractivity contribution < 1.29 is 14.3 Å². The van der Waals surface area contributed by atoms with Crippen molar-refractivity contribution in [2.75, 3.05) is 14.2 Å². The van der Waals surface area contributed by atoms with Crippen molar-refractivity contribution in [2.24, 2.45) is 12.0 Å². The number of methoxy groups -OCH3 is 2. The summed E-state index contributed by atoms with van der Waals surface area (Å²) in [7, 11) is 4.84. The molecule has 0 bridgehead atoms. The molecule has 1 atom stereocenters. The highest BCUT2D eigenvalue weighted by atomic mass is 16.5. The second-order valence-corrected chi connectivity index (χ2v) is 7.25. The molecule has 0 spiro atoms. The smallest absolute Gasteiger partial charge is 0.259 e. The summed E-state index contributed by atoms with van der Waals surface area (Å²) in [6.45, 7) is 0. The molecule has 0 radical (unpaired) electrons. The standard InChI is InChI=1S/C20H19N7O3/c1-27-8-13(19(26-27)29-2)12-6-11-7-21-17(24-16(11)25-18(12)28)14-15(10-4-5-10)22-9-23-20(14)30-3/h6-10,12H,4-5H2,1-3H3. The van der Waals surface area contributed by atoms with Crippen LogP contribution in [0.5, 0.6) is 11.8 Å². The third-order valence-electron chi connectivity index (χ3n) is 5.20. The Morgan fingerprint density at radius 3 is 2.63 bits per heavy atom. The van der Waals surface area contributed by atoms with Crippen molar-refractivity contribution in [3.63, 3.8) is 0 Å². The van der Waals surface area contributed by atoms with Crippen LogP contribution in [0.3, 0.4) is 0 Å². The number of carbonyl (C=O) groups excluding carboxylic acids is 1. The maximum Gasteiger partial charge on any atom is 0.259 e. The molecular weight excluding hydrogens is 386 g/mol. The third kappa shape index (κ3) is 3.00. The summed E-state index contributed by atoms with van der Waals surface area (Å²) in [4.78, 5) is 34.7. The van der Waals surface area contributed by atoms with Gasteiger partial charge in [0.1, 0.15) is 11.9 Å². The van der Waals surface area contributed by atoms with Crippen LogP contribution in [-0.2, 0) is 11.8 Å². The first kappa shape index (κ1) is 18.3. The van der Waals surface area contributed by atoms with Crippen LogP contribution >= 0.6 is 0 Å². The molecule has 1 saturated carbocycles. The first-order chi connectivity index (χ1) is 14.6. The topological polar surface area (TPSA) is 117 Å². The highest BCUT2D eigenvalue weighted by Crippen LogP contribution is 2.44. The molecule has 10 nitrogen and oxygen atoms in total. The van der Waals surface area contributed by atoms with Gasteiger partial charge < -0.3 is 9.47 Å². The number of carbonyl (C=O) groups is 1. The van der Waals surface area contributed by atoms with Gasteiger partial charge in [-0.2, -0.15) is 4.99 Å². The summed E-state index contributed by atoms with van der Waals surface area (Å²) in [5.74, 6) is 0.614. The highest BCUT2D eigenvalue weighted by molar-refractivity contribution is 5.92. The molecular formula is C20H19N7O3. The number of hydrogen-bond donors (Lipinski definition) is 0. The predicted molar refractivity (Wildman–Crippen MR) is 104 cm³/mol. The van der Waals surface area contributed by atoms with Gasteiger partial charge in [0.15, 0.2) is 11.3 Å². The van der Waals surface area contributed by atoms with Crippen LogP contribution in [0.15, 0.2) is 23.7 Å². The molecule has 30 heavy (non-hydrogen) atoms. The van der Waals surface area contributed by atoms with Gasteiger partial charge in [-0.3, -0.25) is 9.48 Å². The highest BCUT2D eigenvalue weighted by Gasteiger charge is 2.32. The van der Waals surface area contributed by atoms with Gasteiger partial charge in [-0.1, -0.05) is 6.08 Å². The van der Waals surface area contributed by atoms with Gasteiger partial charge in [-0.15, -0.1) is 5.10 Å². The summed E-state index contributed by atoms with van der Waals surface area (Å²) >= 11 is 0. The average molecular weight is 405 g/mol. The molecule has 1 aliphatic carbocycles. The summed E-state index contributed by atoms with van der Waals surface area (Å²) in [5, 5.41) is 4.89. The molecule has 1 aliphatic heterocycles. The molecule has 1 fully saturated rings. The number of aromatic nitrogens is 6. The lowest BCUT2D eigenvalue weighted by Gasteiger charge is -2.13. The first-order valence-corrected chi connectivity index (χ1v) is 9.53. The molecule has 0 N–H and O–H groups in total. The van der Waals surface area contributed by atoms with Crippen molar-refractivity contribution in [2.45, 2.75) is 24.7 Å². The van der Waals surface area contributed by atoms with Crippen molar-refractivity contribution >= 4 is 12.0 Å². The van der Waals surface area contributed by atoms with Crippen LogP contribution < -0.4 is 20.2 Å². The van der Waals surface area contributed by atoms with E-state index in [1.165, 1.54) is 13.4 Å². The molecule has 10 heteroatoms. The number of nitrogens with zero attached hydrogens (tertiary/aromatic N) is 7. The molecule has 1 amide bonds. The Hall–Kier alpha value is -3.69. The van der Waals surface area contributed by atoms with Crippen LogP contribution in [0.1, 0.15) is 35.9 Å². The van der Waals surface area contributed by atoms with E-state index < -0.39 is 5.92 Å². The molecule has 3 aromatic rings. The Balaban J connectivity index is 1.62. The molecule has 4 heterocycles. The quantitative estimate of drug-likeness (QED) is 0.594. The lowest BCUT2D eigenvalue weighted by atomic mass is 9.98. The van der Waals surface area contributed by atoms with E-state index in [2.05, 4.69) is 30.0 Å². The third-order valence-corrected chi connectivity index (χ3v) is 5.20. The zero-order valence-electron chi connectivity index (χ0n) is 16.7. The van der Waals surface area contributed by atoms with Gasteiger partial charge in [-0.05, 0) is 12.8 Å². The minimum atomic E-state index is -0.604. The number of hydrogen-bond acceptors (Lipinski definition) is 8. The van der Waals surface area contributed by atoms with Crippen molar-refractivity contribution in [1.82, 2.24) is 29.7 Å². The number of fused-ring (bicyclic) bond motifs is 1. The zero-order valence-corrected chi connectivity index (χ0v) is 16.7. The normalized spacial score (nSPS) is 17.7. The van der Waals surface area contributed by atoms with Crippen molar-refractivity contribution in [3.8, 4) is 23.1 Å². The summed E-state index contributed by atoms with van der Waals surface area (Å²) in [6.07, 6.45) is 8.80. The minimum Gasteiger partial charge on any atom is -0.480 e. The Labute approximate surface area is 171 Å². The predicted octanol–water partition coefficient (Wildman–Crippen LogP) is 0.286. The Bertz CT molecular complexity index is 1280. The lowest BCUT2D eigenvalue weighted by Crippen LogP contribution is -2.36. The van der Waals surface area contributed by atoms with Gasteiger partial charge >= 0.3 is 0 Å². The Kier molecular flexibility index (Phi) is 4.27. The molecule has 5 rings (SSSR count). The van der Waals surface area contributed by atoms with Crippen LogP contribution in [0.4, 0.5) is 0 Å². The van der Waals surface area contributed by atoms with Crippen molar-refractivity contribution in [3.05, 3.63) is 40.7 Å². The maximum atomic E-state index is 12.8. The van der Waals surface area contributed by atoms with Gasteiger partial charge in [-0.25, -0.2) is 19.9 Å². The number of amides is 1. The van der Waals surface area contributed by atoms with E-state index in [-0.39, 0.29) is 5.91 Å². The Morgan fingerprint density at radius 1 is 1.10 bits per heavy atom. The van der Waals surface area contributed by atoms with Crippen LogP contribution in [0.25, 0.3) is 17.5 Å². The van der Waals surface area contributed by atoms with E-state index in [1.807, 2.05) is 0 Å². The van der Waals surface area contributed by atoms with E-state index >= 15 is 0 Å². The largest absolute Gasteiger partial charge is 0.480 e. The van der Waals surface area contributed by atoms with Gasteiger partial charge in [0.25, 0.3) is 5.91 Å². The van der Waals surface area contributed by atoms with Crippen molar-refractivity contribution in [1.29, 1.82) is 0 Å². The molecule has 1 unspecified atom stereocenters. The van der Waals surface area contributed by atoms with E-state index in [4.69, 9.17) is 9.47 Å². The summed E-state index contributed by atoms with van der Waals surface area (Å²) < 4.78 is 12.3. The molecule has 3 aromatic heterocycles. The number of aryl methyl sites for hydroxylation is 1. The molecule has 152 valence electrons. The maximum absolute atomic E-state index is 12.8. The van der Waals surface area contributed by atoms with E-state index in [0.717, 1.165) is 18.5 Å². The lowest BCUT2D eigenvalue weighted by molar-refractivity contribution is -0.118. The average Bonchev–Trinajstić information content (AvgIpc) is 3.54. The van der Waals surface area contributed by atoms with Gasteiger partial charge in [0, 0.05) is 30.6 Å². The molecule has 0 saturated heterocycles. The first-order valence-electron chi connectivity index (χ1n) is 9.53. The van der Waals surface area contributed by atoms with Gasteiger partial charge in [0.2, 0.25) is 11.8 Å².